The van der Waals surface area contributed by atoms with Crippen molar-refractivity contribution in [2.75, 3.05) is 4.90 Å². The molecule has 0 aliphatic heterocycles. The summed E-state index contributed by atoms with van der Waals surface area (Å²) >= 11 is 0. The van der Waals surface area contributed by atoms with Gasteiger partial charge in [0.1, 0.15) is 0 Å². The van der Waals surface area contributed by atoms with E-state index in [1.807, 2.05) is 0 Å². The van der Waals surface area contributed by atoms with Crippen molar-refractivity contribution in [3.8, 4) is 61.3 Å². The second kappa shape index (κ2) is 10.9. The van der Waals surface area contributed by atoms with E-state index in [-0.39, 0.29) is 0 Å². The van der Waals surface area contributed by atoms with E-state index in [1.54, 1.807) is 0 Å². The molecule has 6 bridgehead atoms. The number of aromatic nitrogens is 1. The Bertz CT molecular complexity index is 2850. The average Bonchev–Trinajstić information content (AvgIpc) is 3.27. The van der Waals surface area contributed by atoms with Crippen molar-refractivity contribution in [1.82, 2.24) is 4.57 Å². The SMILES string of the molecule is C1=C(N(c2ccccc2)c2ccc3c(c2)-c2cccc4c2-c2ccccc2-c2cccc-4c2-3)CC=c2c(n(-c3ccccc3)c3ccccc23)=C1. The molecule has 0 amide bonds. The Morgan fingerprint density at radius 3 is 1.78 bits per heavy atom. The zero-order valence-corrected chi connectivity index (χ0v) is 27.9. The molecule has 0 fully saturated rings. The Morgan fingerprint density at radius 1 is 0.431 bits per heavy atom. The number of rotatable bonds is 4. The maximum atomic E-state index is 2.45. The molecule has 238 valence electrons. The highest BCUT2D eigenvalue weighted by molar-refractivity contribution is 6.15. The highest BCUT2D eigenvalue weighted by atomic mass is 15.1. The predicted molar refractivity (Wildman–Crippen MR) is 213 cm³/mol. The molecule has 3 aliphatic rings. The normalized spacial score (nSPS) is 13.1. The molecule has 0 saturated heterocycles. The lowest BCUT2D eigenvalue weighted by atomic mass is 9.83. The van der Waals surface area contributed by atoms with E-state index < -0.39 is 0 Å². The third-order valence-electron chi connectivity index (χ3n) is 10.9. The zero-order valence-electron chi connectivity index (χ0n) is 27.9. The van der Waals surface area contributed by atoms with Gasteiger partial charge < -0.3 is 9.47 Å². The third-order valence-corrected chi connectivity index (χ3v) is 10.9. The summed E-state index contributed by atoms with van der Waals surface area (Å²) in [5, 5.41) is 3.76. The Morgan fingerprint density at radius 2 is 1.02 bits per heavy atom. The van der Waals surface area contributed by atoms with Crippen LogP contribution in [0.3, 0.4) is 0 Å². The minimum absolute atomic E-state index is 0.791. The van der Waals surface area contributed by atoms with Crippen LogP contribution in [0.1, 0.15) is 6.42 Å². The molecule has 11 rings (SSSR count). The number of para-hydroxylation sites is 3. The Kier molecular flexibility index (Phi) is 6.05. The van der Waals surface area contributed by atoms with Gasteiger partial charge in [0.05, 0.1) is 10.9 Å². The predicted octanol–water partition coefficient (Wildman–Crippen LogP) is 11.3. The molecule has 7 aromatic carbocycles. The number of hydrogen-bond acceptors (Lipinski definition) is 1. The van der Waals surface area contributed by atoms with E-state index in [4.69, 9.17) is 0 Å². The van der Waals surface area contributed by atoms with E-state index in [2.05, 4.69) is 191 Å². The third kappa shape index (κ3) is 4.11. The summed E-state index contributed by atoms with van der Waals surface area (Å²) in [5.41, 5.74) is 19.0. The molecular weight excluding hydrogens is 617 g/mol. The highest BCUT2D eigenvalue weighted by Crippen LogP contribution is 2.57. The van der Waals surface area contributed by atoms with E-state index in [9.17, 15) is 0 Å². The molecule has 1 aromatic heterocycles. The Balaban J connectivity index is 1.14. The number of fused-ring (bicyclic) bond motifs is 7. The van der Waals surface area contributed by atoms with E-state index in [0.717, 1.165) is 17.8 Å². The number of anilines is 2. The molecule has 2 heteroatoms. The van der Waals surface area contributed by atoms with Crippen LogP contribution in [-0.2, 0) is 0 Å². The van der Waals surface area contributed by atoms with Crippen molar-refractivity contribution < 1.29 is 0 Å². The molecule has 0 N–H and O–H groups in total. The molecule has 2 nitrogen and oxygen atoms in total. The Labute approximate surface area is 296 Å². The quantitative estimate of drug-likeness (QED) is 0.184. The van der Waals surface area contributed by atoms with Gasteiger partial charge in [-0.2, -0.15) is 0 Å². The van der Waals surface area contributed by atoms with Crippen LogP contribution >= 0.6 is 0 Å². The van der Waals surface area contributed by atoms with Crippen LogP contribution in [0.5, 0.6) is 0 Å². The number of nitrogens with zero attached hydrogens (tertiary/aromatic N) is 2. The van der Waals surface area contributed by atoms with Gasteiger partial charge in [0.2, 0.25) is 0 Å². The van der Waals surface area contributed by atoms with Crippen molar-refractivity contribution in [3.05, 3.63) is 186 Å². The van der Waals surface area contributed by atoms with E-state index in [1.165, 1.54) is 88.5 Å². The maximum absolute atomic E-state index is 2.45. The molecular formula is C49H32N2. The second-order valence-electron chi connectivity index (χ2n) is 13.6. The van der Waals surface area contributed by atoms with Gasteiger partial charge in [0.15, 0.2) is 0 Å². The smallest absolute Gasteiger partial charge is 0.0540 e. The van der Waals surface area contributed by atoms with Gasteiger partial charge in [-0.25, -0.2) is 0 Å². The largest absolute Gasteiger partial charge is 0.314 e. The molecule has 0 saturated carbocycles. The van der Waals surface area contributed by atoms with Gasteiger partial charge in [-0.3, -0.25) is 0 Å². The number of allylic oxidation sites excluding steroid dienone is 2. The summed E-state index contributed by atoms with van der Waals surface area (Å²) in [7, 11) is 0. The highest BCUT2D eigenvalue weighted by Gasteiger charge is 2.31. The van der Waals surface area contributed by atoms with Crippen molar-refractivity contribution in [1.29, 1.82) is 0 Å². The lowest BCUT2D eigenvalue weighted by Gasteiger charge is -2.29. The van der Waals surface area contributed by atoms with Crippen molar-refractivity contribution in [2.24, 2.45) is 0 Å². The maximum Gasteiger partial charge on any atom is 0.0540 e. The molecule has 0 atom stereocenters. The molecule has 0 spiro atoms. The summed E-state index contributed by atoms with van der Waals surface area (Å²) in [6, 6.07) is 60.1. The van der Waals surface area contributed by atoms with Gasteiger partial charge in [-0.05, 0) is 110 Å². The monoisotopic (exact) mass is 648 g/mol. The first-order chi connectivity index (χ1) is 25.3. The lowest BCUT2D eigenvalue weighted by molar-refractivity contribution is 1.07. The van der Waals surface area contributed by atoms with E-state index in [0.29, 0.717) is 0 Å². The van der Waals surface area contributed by atoms with Crippen LogP contribution in [-0.4, -0.2) is 4.57 Å². The minimum atomic E-state index is 0.791. The van der Waals surface area contributed by atoms with Crippen LogP contribution in [0.15, 0.2) is 176 Å². The van der Waals surface area contributed by atoms with Crippen molar-refractivity contribution >= 4 is 34.4 Å². The van der Waals surface area contributed by atoms with Crippen molar-refractivity contribution in [2.45, 2.75) is 6.42 Å². The van der Waals surface area contributed by atoms with Gasteiger partial charge in [0.25, 0.3) is 0 Å². The second-order valence-corrected chi connectivity index (χ2v) is 13.6. The van der Waals surface area contributed by atoms with Crippen molar-refractivity contribution in [3.63, 3.8) is 0 Å². The first kappa shape index (κ1) is 28.2. The first-order valence-electron chi connectivity index (χ1n) is 17.8. The molecule has 3 aliphatic carbocycles. The average molecular weight is 649 g/mol. The molecule has 51 heavy (non-hydrogen) atoms. The summed E-state index contributed by atoms with van der Waals surface area (Å²) in [6.07, 6.45) is 7.86. The number of benzene rings is 7. The standard InChI is InChI=1S/C49H32N2/c1-3-13-32(14-4-1)50(34-25-28-38-37-18-9-10-24-46(37)51(47(38)30-27-34)33-15-5-2-6-16-33)35-26-29-44-45(31-35)43-23-12-22-41-42-21-11-20-40(49(42)44)36-17-7-8-19-39(36)48(41)43/h1-24,26-31H,25H2. The van der Waals surface area contributed by atoms with Gasteiger partial charge in [0, 0.05) is 39.8 Å². The van der Waals surface area contributed by atoms with Gasteiger partial charge in [-0.1, -0.05) is 127 Å². The summed E-state index contributed by atoms with van der Waals surface area (Å²) in [4.78, 5) is 2.45. The minimum Gasteiger partial charge on any atom is -0.314 e. The van der Waals surface area contributed by atoms with Gasteiger partial charge in [-0.15, -0.1) is 0 Å². The topological polar surface area (TPSA) is 8.17 Å². The van der Waals surface area contributed by atoms with Crippen LogP contribution < -0.4 is 15.5 Å². The van der Waals surface area contributed by atoms with Crippen LogP contribution in [0.4, 0.5) is 11.4 Å². The summed E-state index contributed by atoms with van der Waals surface area (Å²) in [5.74, 6) is 0. The lowest BCUT2D eigenvalue weighted by Crippen LogP contribution is -2.27. The zero-order chi connectivity index (χ0) is 33.5. The number of hydrogen-bond donors (Lipinski definition) is 0. The molecule has 0 unspecified atom stereocenters. The van der Waals surface area contributed by atoms with Crippen LogP contribution in [0, 0.1) is 0 Å². The fraction of sp³-hybridized carbons (Fsp3) is 0.0204. The van der Waals surface area contributed by atoms with Crippen LogP contribution in [0.25, 0.3) is 84.4 Å². The summed E-state index contributed by atoms with van der Waals surface area (Å²) < 4.78 is 2.40. The fourth-order valence-corrected chi connectivity index (χ4v) is 8.82. The van der Waals surface area contributed by atoms with Gasteiger partial charge >= 0.3 is 0 Å². The summed E-state index contributed by atoms with van der Waals surface area (Å²) in [6.45, 7) is 0. The Hall–Kier alpha value is -6.64. The first-order valence-corrected chi connectivity index (χ1v) is 17.8. The van der Waals surface area contributed by atoms with Crippen LogP contribution in [0.2, 0.25) is 0 Å². The molecule has 1 heterocycles. The molecule has 8 aromatic rings. The molecule has 0 radical (unpaired) electrons. The fourth-order valence-electron chi connectivity index (χ4n) is 8.82. The van der Waals surface area contributed by atoms with E-state index >= 15 is 0 Å².